The molecule has 0 N–H and O–H groups in total. The number of ether oxygens (including phenoxy) is 3. The molecule has 0 aliphatic rings. The number of hydrogen-bond acceptors (Lipinski definition) is 6. The van der Waals surface area contributed by atoms with Gasteiger partial charge in [0.05, 0.1) is 0 Å². The Morgan fingerprint density at radius 1 is 0.345 bits per heavy atom. The van der Waals surface area contributed by atoms with Crippen LogP contribution in [0.1, 0.15) is 272 Å². The Bertz CT molecular complexity index is 826. The lowest BCUT2D eigenvalue weighted by atomic mass is 10.0. The highest BCUT2D eigenvalue weighted by atomic mass is 16.6. The highest BCUT2D eigenvalue weighted by Gasteiger charge is 2.19. The van der Waals surface area contributed by atoms with Gasteiger partial charge in [-0.25, -0.2) is 0 Å². The Morgan fingerprint density at radius 3 is 0.891 bits per heavy atom. The van der Waals surface area contributed by atoms with Crippen molar-refractivity contribution in [3.05, 3.63) is 0 Å². The summed E-state index contributed by atoms with van der Waals surface area (Å²) in [4.78, 5) is 37.8. The van der Waals surface area contributed by atoms with Crippen molar-refractivity contribution in [1.82, 2.24) is 0 Å². The third-order valence-electron chi connectivity index (χ3n) is 11.0. The molecule has 0 saturated carbocycles. The zero-order chi connectivity index (χ0) is 40.3. The molecular formula is C49H94O6. The molecule has 0 aromatic heterocycles. The van der Waals surface area contributed by atoms with E-state index in [0.29, 0.717) is 19.3 Å². The first kappa shape index (κ1) is 53.4. The molecule has 0 unspecified atom stereocenters. The normalized spacial score (nSPS) is 11.9. The molecule has 0 rings (SSSR count). The van der Waals surface area contributed by atoms with Crippen molar-refractivity contribution in [2.75, 3.05) is 13.2 Å². The number of hydrogen-bond donors (Lipinski definition) is 0. The average molecular weight is 779 g/mol. The van der Waals surface area contributed by atoms with Gasteiger partial charge >= 0.3 is 17.9 Å². The fourth-order valence-corrected chi connectivity index (χ4v) is 7.33. The second kappa shape index (κ2) is 43.5. The molecule has 0 aliphatic carbocycles. The van der Waals surface area contributed by atoms with E-state index < -0.39 is 6.10 Å². The van der Waals surface area contributed by atoms with Crippen LogP contribution in [0.4, 0.5) is 0 Å². The lowest BCUT2D eigenvalue weighted by Crippen LogP contribution is -2.30. The first-order valence-corrected chi connectivity index (χ1v) is 24.4. The smallest absolute Gasteiger partial charge is 0.306 e. The maximum Gasteiger partial charge on any atom is 0.306 e. The van der Waals surface area contributed by atoms with Crippen LogP contribution < -0.4 is 0 Å². The van der Waals surface area contributed by atoms with Crippen LogP contribution >= 0.6 is 0 Å². The van der Waals surface area contributed by atoms with Gasteiger partial charge in [0, 0.05) is 19.3 Å². The summed E-state index contributed by atoms with van der Waals surface area (Å²) in [6.07, 6.45) is 43.7. The first-order chi connectivity index (χ1) is 26.9. The average Bonchev–Trinajstić information content (AvgIpc) is 3.17. The summed E-state index contributed by atoms with van der Waals surface area (Å²) >= 11 is 0. The summed E-state index contributed by atoms with van der Waals surface area (Å²) in [6, 6.07) is 0. The molecule has 0 spiro atoms. The number of carbonyl (C=O) groups is 3. The number of esters is 3. The van der Waals surface area contributed by atoms with Crippen LogP contribution in [-0.4, -0.2) is 37.2 Å². The van der Waals surface area contributed by atoms with Crippen LogP contribution in [0.5, 0.6) is 0 Å². The Hall–Kier alpha value is -1.59. The van der Waals surface area contributed by atoms with Crippen LogP contribution in [0.3, 0.4) is 0 Å². The number of carbonyl (C=O) groups excluding carboxylic acids is 3. The predicted molar refractivity (Wildman–Crippen MR) is 233 cm³/mol. The van der Waals surface area contributed by atoms with E-state index in [1.807, 2.05) is 0 Å². The fourth-order valence-electron chi connectivity index (χ4n) is 7.33. The van der Waals surface area contributed by atoms with Crippen LogP contribution in [0.15, 0.2) is 0 Å². The van der Waals surface area contributed by atoms with Gasteiger partial charge in [-0.05, 0) is 25.2 Å². The predicted octanol–water partition coefficient (Wildman–Crippen LogP) is 15.5. The van der Waals surface area contributed by atoms with Crippen LogP contribution in [0, 0.1) is 5.92 Å². The molecule has 55 heavy (non-hydrogen) atoms. The summed E-state index contributed by atoms with van der Waals surface area (Å²) in [7, 11) is 0. The van der Waals surface area contributed by atoms with Gasteiger partial charge in [0.15, 0.2) is 6.10 Å². The molecule has 0 saturated heterocycles. The molecule has 0 aromatic carbocycles. The SMILES string of the molecule is CCCCCCCCCCCCCCCC(=O)O[C@@H](COC(=O)CCCCCCCCCCC)COC(=O)CCCCCCCCCCCCCCC(C)C. The van der Waals surface area contributed by atoms with E-state index in [9.17, 15) is 14.4 Å². The Labute approximate surface area is 342 Å². The van der Waals surface area contributed by atoms with Crippen LogP contribution in [-0.2, 0) is 28.6 Å². The van der Waals surface area contributed by atoms with Gasteiger partial charge in [0.2, 0.25) is 0 Å². The monoisotopic (exact) mass is 779 g/mol. The minimum Gasteiger partial charge on any atom is -0.462 e. The van der Waals surface area contributed by atoms with E-state index in [-0.39, 0.29) is 31.1 Å². The second-order valence-electron chi connectivity index (χ2n) is 17.2. The lowest BCUT2D eigenvalue weighted by molar-refractivity contribution is -0.167. The quantitative estimate of drug-likeness (QED) is 0.0348. The Morgan fingerprint density at radius 2 is 0.600 bits per heavy atom. The molecule has 326 valence electrons. The van der Waals surface area contributed by atoms with E-state index in [1.165, 1.54) is 167 Å². The lowest BCUT2D eigenvalue weighted by Gasteiger charge is -2.18. The molecule has 0 bridgehead atoms. The fraction of sp³-hybridized carbons (Fsp3) is 0.939. The van der Waals surface area contributed by atoms with Crippen LogP contribution in [0.25, 0.3) is 0 Å². The van der Waals surface area contributed by atoms with Gasteiger partial charge in [-0.15, -0.1) is 0 Å². The van der Waals surface area contributed by atoms with Gasteiger partial charge in [-0.2, -0.15) is 0 Å². The largest absolute Gasteiger partial charge is 0.462 e. The molecule has 0 aromatic rings. The van der Waals surface area contributed by atoms with Crippen molar-refractivity contribution in [2.45, 2.75) is 278 Å². The molecule has 6 heteroatoms. The summed E-state index contributed by atoms with van der Waals surface area (Å²) in [5.74, 6) is -0.0171. The van der Waals surface area contributed by atoms with Crippen molar-refractivity contribution >= 4 is 17.9 Å². The van der Waals surface area contributed by atoms with Gasteiger partial charge in [-0.3, -0.25) is 14.4 Å². The molecule has 0 heterocycles. The molecular weight excluding hydrogens is 685 g/mol. The van der Waals surface area contributed by atoms with E-state index in [2.05, 4.69) is 27.7 Å². The maximum atomic E-state index is 12.7. The third kappa shape index (κ3) is 43.4. The summed E-state index contributed by atoms with van der Waals surface area (Å²) < 4.78 is 16.7. The van der Waals surface area contributed by atoms with Gasteiger partial charge in [0.25, 0.3) is 0 Å². The van der Waals surface area contributed by atoms with Crippen molar-refractivity contribution in [2.24, 2.45) is 5.92 Å². The third-order valence-corrected chi connectivity index (χ3v) is 11.0. The highest BCUT2D eigenvalue weighted by Crippen LogP contribution is 2.17. The molecule has 0 amide bonds. The van der Waals surface area contributed by atoms with E-state index in [1.54, 1.807) is 0 Å². The second-order valence-corrected chi connectivity index (χ2v) is 17.2. The van der Waals surface area contributed by atoms with Gasteiger partial charge in [-0.1, -0.05) is 233 Å². The molecule has 0 radical (unpaired) electrons. The molecule has 0 fully saturated rings. The van der Waals surface area contributed by atoms with E-state index in [0.717, 1.165) is 63.7 Å². The molecule has 1 atom stereocenters. The van der Waals surface area contributed by atoms with Gasteiger partial charge in [0.1, 0.15) is 13.2 Å². The maximum absolute atomic E-state index is 12.7. The van der Waals surface area contributed by atoms with Gasteiger partial charge < -0.3 is 14.2 Å². The first-order valence-electron chi connectivity index (χ1n) is 24.4. The molecule has 0 aliphatic heterocycles. The number of rotatable bonds is 44. The summed E-state index contributed by atoms with van der Waals surface area (Å²) in [6.45, 7) is 9.00. The standard InChI is InChI=1S/C49H94O6/c1-5-7-9-11-13-15-16-17-22-26-30-34-38-42-49(52)55-46(43-53-47(50)40-36-32-28-23-14-12-10-8-6-2)44-54-48(51)41-37-33-29-25-21-19-18-20-24-27-31-35-39-45(3)4/h45-46H,5-44H2,1-4H3/t46-/m0/s1. The molecule has 6 nitrogen and oxygen atoms in total. The highest BCUT2D eigenvalue weighted by molar-refractivity contribution is 5.71. The Kier molecular flexibility index (Phi) is 42.3. The topological polar surface area (TPSA) is 78.9 Å². The zero-order valence-electron chi connectivity index (χ0n) is 37.4. The van der Waals surface area contributed by atoms with Crippen molar-refractivity contribution in [3.63, 3.8) is 0 Å². The zero-order valence-corrected chi connectivity index (χ0v) is 37.4. The van der Waals surface area contributed by atoms with E-state index >= 15 is 0 Å². The Balaban J connectivity index is 4.28. The van der Waals surface area contributed by atoms with Crippen molar-refractivity contribution < 1.29 is 28.6 Å². The minimum absolute atomic E-state index is 0.0633. The summed E-state index contributed by atoms with van der Waals surface area (Å²) in [5.41, 5.74) is 0. The summed E-state index contributed by atoms with van der Waals surface area (Å²) in [5, 5.41) is 0. The van der Waals surface area contributed by atoms with Crippen LogP contribution in [0.2, 0.25) is 0 Å². The van der Waals surface area contributed by atoms with Crippen molar-refractivity contribution in [1.29, 1.82) is 0 Å². The number of unbranched alkanes of at least 4 members (excludes halogenated alkanes) is 31. The minimum atomic E-state index is -0.759. The van der Waals surface area contributed by atoms with Crippen molar-refractivity contribution in [3.8, 4) is 0 Å². The van der Waals surface area contributed by atoms with E-state index in [4.69, 9.17) is 14.2 Å².